The number of fused-ring (bicyclic) bond motifs is 1. The van der Waals surface area contributed by atoms with Crippen LogP contribution >= 0.6 is 0 Å². The van der Waals surface area contributed by atoms with Crippen molar-refractivity contribution >= 4 is 22.6 Å². The Balaban J connectivity index is 2.05. The fourth-order valence-corrected chi connectivity index (χ4v) is 3.44. The molecule has 0 atom stereocenters. The summed E-state index contributed by atoms with van der Waals surface area (Å²) in [4.78, 5) is 15.3. The van der Waals surface area contributed by atoms with Crippen LogP contribution in [0.3, 0.4) is 0 Å². The van der Waals surface area contributed by atoms with Crippen LogP contribution in [0.25, 0.3) is 10.8 Å². The first-order chi connectivity index (χ1) is 13.9. The van der Waals surface area contributed by atoms with Gasteiger partial charge in [-0.1, -0.05) is 41.6 Å². The Bertz CT molecular complexity index is 1120. The van der Waals surface area contributed by atoms with Crippen LogP contribution in [0.4, 0.5) is 4.39 Å². The third-order valence-corrected chi connectivity index (χ3v) is 4.90. The van der Waals surface area contributed by atoms with Crippen molar-refractivity contribution in [1.82, 2.24) is 0 Å². The Hall–Kier alpha value is -3.61. The molecule has 0 aliphatic heterocycles. The standard InChI is InChI=1S/C22H21FN4O2/c1-13-17(11-21(28)29)10-16-7-8-18(23)12-20(16)19(13)9-14-3-5-15(6-4-14)22(25-2)26-27-24/h3-8,10,12H,9,11H2,1-2H3,(H,28,29)(H2,24,25,26). The molecule has 0 bridgehead atoms. The molecule has 0 aliphatic carbocycles. The molecule has 0 aromatic heterocycles. The van der Waals surface area contributed by atoms with Crippen LogP contribution in [0.15, 0.2) is 63.9 Å². The number of hydrogen-bond donors (Lipinski definition) is 2. The van der Waals surface area contributed by atoms with E-state index < -0.39 is 5.97 Å². The van der Waals surface area contributed by atoms with Gasteiger partial charge in [0.25, 0.3) is 0 Å². The van der Waals surface area contributed by atoms with Gasteiger partial charge in [-0.15, -0.1) is 5.11 Å². The highest BCUT2D eigenvalue weighted by Gasteiger charge is 2.14. The summed E-state index contributed by atoms with van der Waals surface area (Å²) in [7, 11) is 1.61. The molecule has 148 valence electrons. The lowest BCUT2D eigenvalue weighted by Crippen LogP contribution is -2.05. The van der Waals surface area contributed by atoms with Gasteiger partial charge in [-0.05, 0) is 58.5 Å². The first-order valence-electron chi connectivity index (χ1n) is 9.02. The number of carbonyl (C=O) groups is 1. The molecule has 3 aromatic rings. The van der Waals surface area contributed by atoms with Crippen LogP contribution in [0.5, 0.6) is 0 Å². The lowest BCUT2D eigenvalue weighted by Gasteiger charge is -2.15. The molecule has 3 rings (SSSR count). The highest BCUT2D eigenvalue weighted by atomic mass is 19.1. The van der Waals surface area contributed by atoms with E-state index in [9.17, 15) is 14.3 Å². The van der Waals surface area contributed by atoms with E-state index >= 15 is 0 Å². The first kappa shape index (κ1) is 20.1. The van der Waals surface area contributed by atoms with Gasteiger partial charge in [-0.3, -0.25) is 9.79 Å². The summed E-state index contributed by atoms with van der Waals surface area (Å²) in [6, 6.07) is 14.0. The van der Waals surface area contributed by atoms with Gasteiger partial charge in [0.15, 0.2) is 5.84 Å². The molecule has 0 unspecified atom stereocenters. The van der Waals surface area contributed by atoms with Crippen molar-refractivity contribution in [3.8, 4) is 0 Å². The summed E-state index contributed by atoms with van der Waals surface area (Å²) < 4.78 is 13.9. The summed E-state index contributed by atoms with van der Waals surface area (Å²) in [6.45, 7) is 1.88. The lowest BCUT2D eigenvalue weighted by atomic mass is 9.89. The van der Waals surface area contributed by atoms with Crippen LogP contribution in [0, 0.1) is 12.7 Å². The van der Waals surface area contributed by atoms with Crippen LogP contribution in [-0.4, -0.2) is 24.0 Å². The van der Waals surface area contributed by atoms with Crippen LogP contribution in [0.2, 0.25) is 0 Å². The van der Waals surface area contributed by atoms with E-state index in [2.05, 4.69) is 15.3 Å². The number of carboxylic acids is 1. The molecule has 7 heteroatoms. The zero-order valence-corrected chi connectivity index (χ0v) is 16.2. The number of aliphatic imine (C=N–C) groups is 1. The number of amidine groups is 1. The van der Waals surface area contributed by atoms with Crippen molar-refractivity contribution < 1.29 is 14.3 Å². The van der Waals surface area contributed by atoms with Gasteiger partial charge >= 0.3 is 5.97 Å². The van der Waals surface area contributed by atoms with Crippen LogP contribution in [-0.2, 0) is 17.6 Å². The summed E-state index contributed by atoms with van der Waals surface area (Å²) in [5, 5.41) is 17.9. The highest BCUT2D eigenvalue weighted by Crippen LogP contribution is 2.29. The molecular weight excluding hydrogens is 371 g/mol. The minimum atomic E-state index is -0.898. The summed E-state index contributed by atoms with van der Waals surface area (Å²) in [6.07, 6.45) is 0.460. The number of benzene rings is 3. The second-order valence-corrected chi connectivity index (χ2v) is 6.71. The minimum absolute atomic E-state index is 0.0779. The van der Waals surface area contributed by atoms with Crippen molar-refractivity contribution in [2.75, 3.05) is 7.05 Å². The Morgan fingerprint density at radius 2 is 1.86 bits per heavy atom. The largest absolute Gasteiger partial charge is 0.481 e. The van der Waals surface area contributed by atoms with E-state index in [1.807, 2.05) is 37.3 Å². The maximum absolute atomic E-state index is 13.9. The molecule has 0 amide bonds. The Kier molecular flexibility index (Phi) is 5.97. The quantitative estimate of drug-likeness (QED) is 0.224. The average molecular weight is 392 g/mol. The first-order valence-corrected chi connectivity index (χ1v) is 9.02. The van der Waals surface area contributed by atoms with E-state index in [-0.39, 0.29) is 12.2 Å². The molecule has 0 radical (unpaired) electrons. The molecule has 0 saturated heterocycles. The SMILES string of the molecule is CN=C(N=NN)c1ccc(Cc2c(C)c(CC(=O)O)cc3ccc(F)cc23)cc1. The topological polar surface area (TPSA) is 100 Å². The molecule has 3 aromatic carbocycles. The van der Waals surface area contributed by atoms with E-state index in [0.29, 0.717) is 12.3 Å². The lowest BCUT2D eigenvalue weighted by molar-refractivity contribution is -0.136. The van der Waals surface area contributed by atoms with Gasteiger partial charge in [-0.2, -0.15) is 0 Å². The molecule has 0 saturated carbocycles. The molecule has 0 aliphatic rings. The molecule has 0 fully saturated rings. The smallest absolute Gasteiger partial charge is 0.307 e. The molecule has 0 spiro atoms. The Labute approximate surface area is 167 Å². The number of nitrogens with zero attached hydrogens (tertiary/aromatic N) is 3. The monoisotopic (exact) mass is 392 g/mol. The molecule has 3 N–H and O–H groups in total. The fourth-order valence-electron chi connectivity index (χ4n) is 3.44. The van der Waals surface area contributed by atoms with Gasteiger partial charge < -0.3 is 10.9 Å². The molecular formula is C22H21FN4O2. The van der Waals surface area contributed by atoms with Crippen molar-refractivity contribution in [3.05, 3.63) is 82.2 Å². The van der Waals surface area contributed by atoms with Crippen LogP contribution < -0.4 is 5.84 Å². The Morgan fingerprint density at radius 3 is 2.48 bits per heavy atom. The maximum Gasteiger partial charge on any atom is 0.307 e. The number of halogens is 1. The zero-order valence-electron chi connectivity index (χ0n) is 16.2. The summed E-state index contributed by atoms with van der Waals surface area (Å²) >= 11 is 0. The van der Waals surface area contributed by atoms with E-state index in [1.165, 1.54) is 12.1 Å². The summed E-state index contributed by atoms with van der Waals surface area (Å²) in [5.74, 6) is 4.31. The summed E-state index contributed by atoms with van der Waals surface area (Å²) in [5.41, 5.74) is 4.28. The number of carboxylic acid groups (broad SMARTS) is 1. The average Bonchev–Trinajstić information content (AvgIpc) is 2.70. The predicted molar refractivity (Wildman–Crippen MR) is 111 cm³/mol. The number of hydrogen-bond acceptors (Lipinski definition) is 3. The van der Waals surface area contributed by atoms with Crippen molar-refractivity contribution in [1.29, 1.82) is 0 Å². The van der Waals surface area contributed by atoms with Gasteiger partial charge in [0.2, 0.25) is 0 Å². The van der Waals surface area contributed by atoms with Gasteiger partial charge in [0.05, 0.1) is 6.42 Å². The van der Waals surface area contributed by atoms with E-state index in [1.54, 1.807) is 13.1 Å². The number of rotatable bonds is 5. The van der Waals surface area contributed by atoms with E-state index in [0.717, 1.165) is 38.6 Å². The van der Waals surface area contributed by atoms with E-state index in [4.69, 9.17) is 5.84 Å². The van der Waals surface area contributed by atoms with Crippen LogP contribution in [0.1, 0.15) is 27.8 Å². The molecule has 6 nitrogen and oxygen atoms in total. The van der Waals surface area contributed by atoms with Crippen molar-refractivity contribution in [2.24, 2.45) is 21.2 Å². The second-order valence-electron chi connectivity index (χ2n) is 6.71. The highest BCUT2D eigenvalue weighted by molar-refractivity contribution is 5.99. The van der Waals surface area contributed by atoms with Gasteiger partial charge in [0.1, 0.15) is 5.82 Å². The van der Waals surface area contributed by atoms with Gasteiger partial charge in [0, 0.05) is 12.6 Å². The zero-order chi connectivity index (χ0) is 21.0. The molecule has 0 heterocycles. The minimum Gasteiger partial charge on any atom is -0.481 e. The second kappa shape index (κ2) is 8.60. The third kappa shape index (κ3) is 4.45. The number of aliphatic carboxylic acids is 1. The predicted octanol–water partition coefficient (Wildman–Crippen LogP) is 4.21. The van der Waals surface area contributed by atoms with Crippen molar-refractivity contribution in [2.45, 2.75) is 19.8 Å². The Morgan fingerprint density at radius 1 is 1.14 bits per heavy atom. The van der Waals surface area contributed by atoms with Crippen molar-refractivity contribution in [3.63, 3.8) is 0 Å². The third-order valence-electron chi connectivity index (χ3n) is 4.90. The normalized spacial score (nSPS) is 12.0. The van der Waals surface area contributed by atoms with Gasteiger partial charge in [-0.25, -0.2) is 4.39 Å². The number of nitrogens with two attached hydrogens (primary N) is 1. The fraction of sp³-hybridized carbons (Fsp3) is 0.182. The molecule has 29 heavy (non-hydrogen) atoms. The maximum atomic E-state index is 13.9.